The molecule has 0 saturated carbocycles. The van der Waals surface area contributed by atoms with Crippen molar-refractivity contribution in [2.75, 3.05) is 26.6 Å². The van der Waals surface area contributed by atoms with Crippen LogP contribution in [0.4, 0.5) is 5.69 Å². The summed E-state index contributed by atoms with van der Waals surface area (Å²) in [6.07, 6.45) is 0. The van der Waals surface area contributed by atoms with E-state index in [0.29, 0.717) is 33.5 Å². The van der Waals surface area contributed by atoms with Gasteiger partial charge >= 0.3 is 0 Å². The maximum absolute atomic E-state index is 12.5. The second kappa shape index (κ2) is 7.74. The highest BCUT2D eigenvalue weighted by Gasteiger charge is 2.16. The first kappa shape index (κ1) is 17.7. The summed E-state index contributed by atoms with van der Waals surface area (Å²) in [6, 6.07) is 8.43. The van der Waals surface area contributed by atoms with Crippen molar-refractivity contribution < 1.29 is 19.0 Å². The lowest BCUT2D eigenvalue weighted by Crippen LogP contribution is -2.14. The summed E-state index contributed by atoms with van der Waals surface area (Å²) >= 11 is 8.14. The predicted octanol–water partition coefficient (Wildman–Crippen LogP) is 4.22. The lowest BCUT2D eigenvalue weighted by Gasteiger charge is -2.12. The zero-order valence-electron chi connectivity index (χ0n) is 12.8. The van der Waals surface area contributed by atoms with Crippen LogP contribution in [0, 0.1) is 3.57 Å². The Morgan fingerprint density at radius 3 is 2.17 bits per heavy atom. The van der Waals surface area contributed by atoms with Gasteiger partial charge in [0.25, 0.3) is 5.91 Å². The van der Waals surface area contributed by atoms with Gasteiger partial charge in [-0.05, 0) is 52.9 Å². The molecule has 0 unspecified atom stereocenters. The number of methoxy groups -OCH3 is 3. The molecule has 0 fully saturated rings. The molecule has 122 valence electrons. The molecule has 0 aromatic heterocycles. The van der Waals surface area contributed by atoms with Crippen LogP contribution in [0.3, 0.4) is 0 Å². The van der Waals surface area contributed by atoms with Gasteiger partial charge in [-0.15, -0.1) is 0 Å². The number of benzene rings is 2. The van der Waals surface area contributed by atoms with Gasteiger partial charge in [-0.2, -0.15) is 0 Å². The van der Waals surface area contributed by atoms with E-state index >= 15 is 0 Å². The number of rotatable bonds is 5. The highest BCUT2D eigenvalue weighted by molar-refractivity contribution is 14.1. The molecule has 2 rings (SSSR count). The van der Waals surface area contributed by atoms with E-state index in [9.17, 15) is 4.79 Å². The fraction of sp³-hybridized carbons (Fsp3) is 0.188. The maximum atomic E-state index is 12.5. The van der Waals surface area contributed by atoms with Gasteiger partial charge in [0.05, 0.1) is 31.9 Å². The molecule has 0 bridgehead atoms. The molecule has 7 heteroatoms. The molecule has 0 saturated heterocycles. The van der Waals surface area contributed by atoms with Crippen LogP contribution in [-0.4, -0.2) is 27.2 Å². The van der Waals surface area contributed by atoms with Crippen molar-refractivity contribution in [2.45, 2.75) is 0 Å². The highest BCUT2D eigenvalue weighted by atomic mass is 127. The molecule has 0 atom stereocenters. The molecule has 1 N–H and O–H groups in total. The van der Waals surface area contributed by atoms with Crippen molar-refractivity contribution in [3.63, 3.8) is 0 Å². The molecule has 0 aliphatic heterocycles. The number of ether oxygens (including phenoxy) is 3. The van der Waals surface area contributed by atoms with Crippen LogP contribution in [0.25, 0.3) is 0 Å². The zero-order chi connectivity index (χ0) is 17.0. The summed E-state index contributed by atoms with van der Waals surface area (Å²) in [4.78, 5) is 12.5. The van der Waals surface area contributed by atoms with Crippen molar-refractivity contribution >= 4 is 45.8 Å². The molecule has 5 nitrogen and oxygen atoms in total. The molecule has 0 heterocycles. The number of anilines is 1. The van der Waals surface area contributed by atoms with Crippen molar-refractivity contribution in [1.82, 2.24) is 0 Å². The third kappa shape index (κ3) is 4.00. The number of nitrogens with one attached hydrogen (secondary N) is 1. The largest absolute Gasteiger partial charge is 0.495 e. The smallest absolute Gasteiger partial charge is 0.256 e. The van der Waals surface area contributed by atoms with E-state index < -0.39 is 0 Å². The lowest BCUT2D eigenvalue weighted by molar-refractivity contribution is 0.102. The van der Waals surface area contributed by atoms with Crippen LogP contribution in [0.15, 0.2) is 30.3 Å². The topological polar surface area (TPSA) is 56.8 Å². The Morgan fingerprint density at radius 2 is 1.61 bits per heavy atom. The zero-order valence-corrected chi connectivity index (χ0v) is 15.7. The average molecular weight is 448 g/mol. The molecular formula is C16H15ClINO4. The van der Waals surface area contributed by atoms with Crippen LogP contribution >= 0.6 is 34.2 Å². The fourth-order valence-corrected chi connectivity index (χ4v) is 2.91. The standard InChI is InChI=1S/C16H15ClINO4/c1-21-13-5-4-9(6-11(13)17)19-16(20)10-7-14(22-2)15(23-3)8-12(10)18/h4-8H,1-3H3,(H,19,20). The number of carbonyl (C=O) groups excluding carboxylic acids is 1. The average Bonchev–Trinajstić information content (AvgIpc) is 2.54. The van der Waals surface area contributed by atoms with E-state index in [1.165, 1.54) is 14.2 Å². The van der Waals surface area contributed by atoms with E-state index in [4.69, 9.17) is 25.8 Å². The van der Waals surface area contributed by atoms with Gasteiger partial charge in [0.1, 0.15) is 5.75 Å². The second-order valence-corrected chi connectivity index (χ2v) is 6.06. The Morgan fingerprint density at radius 1 is 1.00 bits per heavy atom. The van der Waals surface area contributed by atoms with Crippen LogP contribution < -0.4 is 19.5 Å². The molecule has 2 aromatic carbocycles. The lowest BCUT2D eigenvalue weighted by atomic mass is 10.1. The molecule has 2 aromatic rings. The van der Waals surface area contributed by atoms with E-state index in [1.54, 1.807) is 37.4 Å². The van der Waals surface area contributed by atoms with E-state index in [-0.39, 0.29) is 5.91 Å². The number of halogens is 2. The maximum Gasteiger partial charge on any atom is 0.256 e. The first-order valence-electron chi connectivity index (χ1n) is 6.56. The molecule has 0 radical (unpaired) electrons. The Balaban J connectivity index is 2.29. The summed E-state index contributed by atoms with van der Waals surface area (Å²) in [6.45, 7) is 0. The van der Waals surface area contributed by atoms with Crippen LogP contribution in [0.2, 0.25) is 5.02 Å². The Kier molecular flexibility index (Phi) is 5.95. The minimum Gasteiger partial charge on any atom is -0.495 e. The Bertz CT molecular complexity index is 736. The number of carbonyl (C=O) groups is 1. The first-order chi connectivity index (χ1) is 11.0. The summed E-state index contributed by atoms with van der Waals surface area (Å²) < 4.78 is 16.3. The SMILES string of the molecule is COc1ccc(NC(=O)c2cc(OC)c(OC)cc2I)cc1Cl. The third-order valence-electron chi connectivity index (χ3n) is 3.13. The van der Waals surface area contributed by atoms with Gasteiger partial charge < -0.3 is 19.5 Å². The highest BCUT2D eigenvalue weighted by Crippen LogP contribution is 2.32. The second-order valence-electron chi connectivity index (χ2n) is 4.49. The van der Waals surface area contributed by atoms with E-state index in [1.807, 2.05) is 0 Å². The Labute approximate surface area is 153 Å². The minimum atomic E-state index is -0.267. The van der Waals surface area contributed by atoms with E-state index in [0.717, 1.165) is 3.57 Å². The third-order valence-corrected chi connectivity index (χ3v) is 4.32. The predicted molar refractivity (Wildman–Crippen MR) is 98.2 cm³/mol. The number of hydrogen-bond acceptors (Lipinski definition) is 4. The van der Waals surface area contributed by atoms with Gasteiger partial charge in [-0.25, -0.2) is 0 Å². The van der Waals surface area contributed by atoms with Crippen molar-refractivity contribution in [3.8, 4) is 17.2 Å². The van der Waals surface area contributed by atoms with Crippen LogP contribution in [0.5, 0.6) is 17.2 Å². The first-order valence-corrected chi connectivity index (χ1v) is 8.02. The summed E-state index contributed by atoms with van der Waals surface area (Å²) in [5, 5.41) is 3.22. The van der Waals surface area contributed by atoms with Gasteiger partial charge in [0, 0.05) is 9.26 Å². The minimum absolute atomic E-state index is 0.267. The summed E-state index contributed by atoms with van der Waals surface area (Å²) in [5.41, 5.74) is 1.06. The molecule has 0 aliphatic carbocycles. The van der Waals surface area contributed by atoms with Crippen molar-refractivity contribution in [2.24, 2.45) is 0 Å². The summed E-state index contributed by atoms with van der Waals surface area (Å²) in [5.74, 6) is 1.34. The van der Waals surface area contributed by atoms with Gasteiger partial charge in [-0.1, -0.05) is 11.6 Å². The van der Waals surface area contributed by atoms with Crippen LogP contribution in [0.1, 0.15) is 10.4 Å². The van der Waals surface area contributed by atoms with Gasteiger partial charge in [0.2, 0.25) is 0 Å². The van der Waals surface area contributed by atoms with E-state index in [2.05, 4.69) is 27.9 Å². The molecule has 1 amide bonds. The quantitative estimate of drug-likeness (QED) is 0.697. The number of amides is 1. The molecule has 0 spiro atoms. The Hall–Kier alpha value is -1.67. The van der Waals surface area contributed by atoms with Crippen LogP contribution in [-0.2, 0) is 0 Å². The number of hydrogen-bond donors (Lipinski definition) is 1. The monoisotopic (exact) mass is 447 g/mol. The molecular weight excluding hydrogens is 433 g/mol. The van der Waals surface area contributed by atoms with Crippen molar-refractivity contribution in [1.29, 1.82) is 0 Å². The fourth-order valence-electron chi connectivity index (χ4n) is 1.97. The normalized spacial score (nSPS) is 10.1. The summed E-state index contributed by atoms with van der Waals surface area (Å²) in [7, 11) is 4.61. The van der Waals surface area contributed by atoms with Gasteiger partial charge in [0.15, 0.2) is 11.5 Å². The van der Waals surface area contributed by atoms with Gasteiger partial charge in [-0.3, -0.25) is 4.79 Å². The van der Waals surface area contributed by atoms with Crippen molar-refractivity contribution in [3.05, 3.63) is 44.5 Å². The molecule has 23 heavy (non-hydrogen) atoms. The molecule has 0 aliphatic rings.